The third-order valence-corrected chi connectivity index (χ3v) is 5.98. The van der Waals surface area contributed by atoms with E-state index in [1.54, 1.807) is 11.4 Å². The van der Waals surface area contributed by atoms with Crippen molar-refractivity contribution in [1.82, 2.24) is 14.7 Å². The van der Waals surface area contributed by atoms with Gasteiger partial charge in [0.1, 0.15) is 29.0 Å². The molecule has 2 N–H and O–H groups in total. The summed E-state index contributed by atoms with van der Waals surface area (Å²) in [7, 11) is -4.02. The van der Waals surface area contributed by atoms with Gasteiger partial charge in [-0.15, -0.1) is 11.3 Å². The van der Waals surface area contributed by atoms with Crippen molar-refractivity contribution in [1.29, 1.82) is 0 Å². The molecule has 0 amide bonds. The van der Waals surface area contributed by atoms with Crippen LogP contribution >= 0.6 is 11.3 Å². The molecule has 0 bridgehead atoms. The van der Waals surface area contributed by atoms with Crippen molar-refractivity contribution < 1.29 is 22.3 Å². The van der Waals surface area contributed by atoms with Gasteiger partial charge in [-0.3, -0.25) is 9.59 Å². The van der Waals surface area contributed by atoms with Crippen LogP contribution in [0, 0.1) is 5.82 Å². The molecular weight excluding hydrogens is 397 g/mol. The number of rotatable bonds is 6. The lowest BCUT2D eigenvalue weighted by Gasteiger charge is -2.13. The van der Waals surface area contributed by atoms with Crippen LogP contribution in [0.15, 0.2) is 45.4 Å². The Morgan fingerprint density at radius 3 is 2.74 bits per heavy atom. The fourth-order valence-corrected chi connectivity index (χ4v) is 4.13. The van der Waals surface area contributed by atoms with Crippen molar-refractivity contribution in [3.05, 3.63) is 57.7 Å². The first-order valence-electron chi connectivity index (χ1n) is 7.67. The molecule has 3 aromatic rings. The van der Waals surface area contributed by atoms with Gasteiger partial charge in [0.15, 0.2) is 0 Å². The molecule has 1 atom stereocenters. The van der Waals surface area contributed by atoms with E-state index in [1.165, 1.54) is 18.3 Å². The van der Waals surface area contributed by atoms with Gasteiger partial charge in [0.2, 0.25) is 10.0 Å². The maximum absolute atomic E-state index is 12.9. The lowest BCUT2D eigenvalue weighted by Crippen LogP contribution is -2.39. The third-order valence-electron chi connectivity index (χ3n) is 3.52. The normalized spacial score (nSPS) is 12.8. The van der Waals surface area contributed by atoms with E-state index >= 15 is 0 Å². The Morgan fingerprint density at radius 2 is 2.04 bits per heavy atom. The van der Waals surface area contributed by atoms with E-state index in [0.717, 1.165) is 24.3 Å². The standard InChI is InChI=1S/C16H14FN3O5S2/c1-9(20-27(23,24)11-4-2-10(17)3-5-11)16(22)25-8-13-18-12-6-7-26-14(12)15(21)19-13/h2-7,9,20H,8H2,1H3,(H,18,19,21)/t9-/m0/s1. The number of aromatic nitrogens is 2. The van der Waals surface area contributed by atoms with E-state index < -0.39 is 27.9 Å². The van der Waals surface area contributed by atoms with Crippen LogP contribution in [-0.2, 0) is 26.2 Å². The molecule has 0 aliphatic carbocycles. The van der Waals surface area contributed by atoms with Gasteiger partial charge >= 0.3 is 5.97 Å². The van der Waals surface area contributed by atoms with Crippen molar-refractivity contribution in [2.75, 3.05) is 0 Å². The summed E-state index contributed by atoms with van der Waals surface area (Å²) in [5.74, 6) is -1.29. The van der Waals surface area contributed by atoms with Crippen molar-refractivity contribution in [2.45, 2.75) is 24.5 Å². The van der Waals surface area contributed by atoms with Gasteiger partial charge in [-0.1, -0.05) is 0 Å². The summed E-state index contributed by atoms with van der Waals surface area (Å²) in [5, 5.41) is 1.72. The zero-order valence-electron chi connectivity index (χ0n) is 13.9. The van der Waals surface area contributed by atoms with E-state index in [9.17, 15) is 22.4 Å². The number of carbonyl (C=O) groups is 1. The molecule has 2 heterocycles. The number of benzene rings is 1. The van der Waals surface area contributed by atoms with Gasteiger partial charge in [0.25, 0.3) is 5.56 Å². The van der Waals surface area contributed by atoms with Crippen LogP contribution < -0.4 is 10.3 Å². The van der Waals surface area contributed by atoms with E-state index in [-0.39, 0.29) is 22.9 Å². The SMILES string of the molecule is C[C@H](NS(=O)(=O)c1ccc(F)cc1)C(=O)OCc1nc2ccsc2c(=O)[nH]1. The van der Waals surface area contributed by atoms with Crippen LogP contribution in [0.25, 0.3) is 10.2 Å². The number of halogens is 1. The molecule has 3 rings (SSSR count). The summed E-state index contributed by atoms with van der Waals surface area (Å²) in [5.41, 5.74) is 0.144. The first-order valence-corrected chi connectivity index (χ1v) is 10.0. The van der Waals surface area contributed by atoms with Crippen LogP contribution in [-0.4, -0.2) is 30.4 Å². The summed E-state index contributed by atoms with van der Waals surface area (Å²) in [4.78, 5) is 30.4. The quantitative estimate of drug-likeness (QED) is 0.594. The third kappa shape index (κ3) is 4.38. The fourth-order valence-electron chi connectivity index (χ4n) is 2.22. The average molecular weight is 411 g/mol. The number of aromatic amines is 1. The Labute approximate surface area is 157 Å². The maximum Gasteiger partial charge on any atom is 0.324 e. The molecule has 27 heavy (non-hydrogen) atoms. The van der Waals surface area contributed by atoms with Crippen molar-refractivity contribution in [3.8, 4) is 0 Å². The molecule has 2 aromatic heterocycles. The minimum absolute atomic E-state index is 0.146. The number of nitrogens with zero attached hydrogens (tertiary/aromatic N) is 1. The van der Waals surface area contributed by atoms with Gasteiger partial charge in [-0.25, -0.2) is 17.8 Å². The summed E-state index contributed by atoms with van der Waals surface area (Å²) >= 11 is 1.24. The highest BCUT2D eigenvalue weighted by Gasteiger charge is 2.23. The Hall–Kier alpha value is -2.63. The molecule has 0 aliphatic rings. The number of ether oxygens (including phenoxy) is 1. The second-order valence-corrected chi connectivity index (χ2v) is 8.18. The fraction of sp³-hybridized carbons (Fsp3) is 0.188. The molecule has 0 saturated heterocycles. The second-order valence-electron chi connectivity index (χ2n) is 5.55. The van der Waals surface area contributed by atoms with Gasteiger partial charge in [0, 0.05) is 0 Å². The first-order chi connectivity index (χ1) is 12.8. The Kier molecular flexibility index (Phi) is 5.35. The number of nitrogens with one attached hydrogen (secondary N) is 2. The van der Waals surface area contributed by atoms with Gasteiger partial charge in [-0.2, -0.15) is 4.72 Å². The monoisotopic (exact) mass is 411 g/mol. The predicted molar refractivity (Wildman–Crippen MR) is 96.2 cm³/mol. The topological polar surface area (TPSA) is 118 Å². The molecule has 0 aliphatic heterocycles. The van der Waals surface area contributed by atoms with Crippen LogP contribution in [0.5, 0.6) is 0 Å². The van der Waals surface area contributed by atoms with Crippen molar-refractivity contribution in [2.24, 2.45) is 0 Å². The second kappa shape index (κ2) is 7.55. The molecule has 11 heteroatoms. The molecule has 1 aromatic carbocycles. The van der Waals surface area contributed by atoms with Crippen LogP contribution in [0.4, 0.5) is 4.39 Å². The number of sulfonamides is 1. The molecule has 0 saturated carbocycles. The highest BCUT2D eigenvalue weighted by Crippen LogP contribution is 2.14. The minimum Gasteiger partial charge on any atom is -0.456 e. The molecule has 8 nitrogen and oxygen atoms in total. The van der Waals surface area contributed by atoms with Crippen LogP contribution in [0.1, 0.15) is 12.7 Å². The number of fused-ring (bicyclic) bond motifs is 1. The van der Waals surface area contributed by atoms with Crippen molar-refractivity contribution >= 4 is 37.5 Å². The van der Waals surface area contributed by atoms with E-state index in [0.29, 0.717) is 10.2 Å². The van der Waals surface area contributed by atoms with Gasteiger partial charge < -0.3 is 9.72 Å². The van der Waals surface area contributed by atoms with E-state index in [1.807, 2.05) is 0 Å². The highest BCUT2D eigenvalue weighted by molar-refractivity contribution is 7.89. The molecular formula is C16H14FN3O5S2. The largest absolute Gasteiger partial charge is 0.456 e. The summed E-state index contributed by atoms with van der Waals surface area (Å²) < 4.78 is 44.9. The van der Waals surface area contributed by atoms with Gasteiger partial charge in [-0.05, 0) is 42.6 Å². The first kappa shape index (κ1) is 19.1. The number of hydrogen-bond donors (Lipinski definition) is 2. The Balaban J connectivity index is 1.64. The Morgan fingerprint density at radius 1 is 1.33 bits per heavy atom. The highest BCUT2D eigenvalue weighted by atomic mass is 32.2. The Bertz CT molecular complexity index is 1140. The van der Waals surface area contributed by atoms with Crippen molar-refractivity contribution in [3.63, 3.8) is 0 Å². The molecule has 0 radical (unpaired) electrons. The minimum atomic E-state index is -4.02. The van der Waals surface area contributed by atoms with Gasteiger partial charge in [0.05, 0.1) is 10.4 Å². The molecule has 0 unspecified atom stereocenters. The number of carbonyl (C=O) groups excluding carboxylic acids is 1. The maximum atomic E-state index is 12.9. The van der Waals surface area contributed by atoms with E-state index in [2.05, 4.69) is 14.7 Å². The van der Waals surface area contributed by atoms with Crippen LogP contribution in [0.2, 0.25) is 0 Å². The predicted octanol–water partition coefficient (Wildman–Crippen LogP) is 1.53. The smallest absolute Gasteiger partial charge is 0.324 e. The molecule has 0 fully saturated rings. The summed E-state index contributed by atoms with van der Waals surface area (Å²) in [6.45, 7) is 0.990. The zero-order chi connectivity index (χ0) is 19.6. The number of thiophene rings is 1. The number of H-pyrrole nitrogens is 1. The van der Waals surface area contributed by atoms with Crippen LogP contribution in [0.3, 0.4) is 0 Å². The molecule has 0 spiro atoms. The number of esters is 1. The average Bonchev–Trinajstić information content (AvgIpc) is 3.09. The molecule has 142 valence electrons. The number of hydrogen-bond acceptors (Lipinski definition) is 7. The van der Waals surface area contributed by atoms with E-state index in [4.69, 9.17) is 4.74 Å². The lowest BCUT2D eigenvalue weighted by atomic mass is 10.4. The summed E-state index contributed by atoms with van der Waals surface area (Å²) in [6, 6.07) is 4.64. The zero-order valence-corrected chi connectivity index (χ0v) is 15.6. The summed E-state index contributed by atoms with van der Waals surface area (Å²) in [6.07, 6.45) is 0. The lowest BCUT2D eigenvalue weighted by molar-refractivity contribution is -0.146.